The van der Waals surface area contributed by atoms with Crippen LogP contribution in [0, 0.1) is 0 Å². The zero-order valence-electron chi connectivity index (χ0n) is 15.3. The lowest BCUT2D eigenvalue weighted by atomic mass is 10.0. The first-order valence-electron chi connectivity index (χ1n) is 9.47. The molecule has 4 rings (SSSR count). The minimum absolute atomic E-state index is 0.0787. The van der Waals surface area contributed by atoms with Crippen LogP contribution < -0.4 is 5.32 Å². The molecule has 1 atom stereocenters. The summed E-state index contributed by atoms with van der Waals surface area (Å²) in [4.78, 5) is 25.1. The van der Waals surface area contributed by atoms with E-state index in [-0.39, 0.29) is 18.0 Å². The summed E-state index contributed by atoms with van der Waals surface area (Å²) >= 11 is 1.74. The number of fused-ring (bicyclic) bond motifs is 1. The van der Waals surface area contributed by atoms with Gasteiger partial charge in [0.1, 0.15) is 11.0 Å². The summed E-state index contributed by atoms with van der Waals surface area (Å²) in [5, 5.41) is 8.06. The molecule has 0 radical (unpaired) electrons. The monoisotopic (exact) mass is 375 g/mol. The maximum Gasteiger partial charge on any atom is 0.318 e. The number of urea groups is 1. The maximum absolute atomic E-state index is 12.7. The van der Waals surface area contributed by atoms with Gasteiger partial charge in [0.15, 0.2) is 5.82 Å². The second kappa shape index (κ2) is 7.34. The fourth-order valence-corrected chi connectivity index (χ4v) is 4.71. The van der Waals surface area contributed by atoms with E-state index in [2.05, 4.69) is 15.5 Å². The van der Waals surface area contributed by atoms with E-state index < -0.39 is 0 Å². The topological polar surface area (TPSA) is 84.2 Å². The number of thiazole rings is 1. The highest BCUT2D eigenvalue weighted by Gasteiger charge is 2.34. The van der Waals surface area contributed by atoms with Gasteiger partial charge in [0.25, 0.3) is 0 Å². The zero-order chi connectivity index (χ0) is 18.1. The first-order chi connectivity index (χ1) is 12.6. The molecule has 0 unspecified atom stereocenters. The minimum atomic E-state index is -0.125. The van der Waals surface area contributed by atoms with Gasteiger partial charge in [-0.05, 0) is 38.5 Å². The highest BCUT2D eigenvalue weighted by atomic mass is 32.1. The normalized spacial score (nSPS) is 19.8. The number of carbonyl (C=O) groups excluding carboxylic acids is 1. The molecular formula is C18H25N5O2S. The highest BCUT2D eigenvalue weighted by molar-refractivity contribution is 7.11. The second-order valence-corrected chi connectivity index (χ2v) is 8.51. The molecule has 26 heavy (non-hydrogen) atoms. The van der Waals surface area contributed by atoms with Crippen molar-refractivity contribution in [2.75, 3.05) is 6.54 Å². The van der Waals surface area contributed by atoms with Crippen LogP contribution in [0.5, 0.6) is 0 Å². The second-order valence-electron chi connectivity index (χ2n) is 7.34. The van der Waals surface area contributed by atoms with Gasteiger partial charge in [-0.2, -0.15) is 4.98 Å². The molecule has 2 amide bonds. The molecule has 1 fully saturated rings. The number of nitrogens with zero attached hydrogens (tertiary/aromatic N) is 4. The number of amides is 2. The Morgan fingerprint density at radius 1 is 1.31 bits per heavy atom. The Bertz CT molecular complexity index is 761. The summed E-state index contributed by atoms with van der Waals surface area (Å²) in [5.41, 5.74) is 1.23. The Morgan fingerprint density at radius 3 is 2.92 bits per heavy atom. The molecule has 1 N–H and O–H groups in total. The van der Waals surface area contributed by atoms with Crippen LogP contribution in [0.3, 0.4) is 0 Å². The average Bonchev–Trinajstić information content (AvgIpc) is 3.37. The van der Waals surface area contributed by atoms with E-state index in [1.54, 1.807) is 11.3 Å². The number of nitrogens with one attached hydrogen (secondary N) is 1. The molecule has 0 aromatic carbocycles. The maximum atomic E-state index is 12.7. The van der Waals surface area contributed by atoms with E-state index in [0.717, 1.165) is 30.7 Å². The molecule has 7 nitrogen and oxygen atoms in total. The number of aromatic nitrogens is 3. The lowest BCUT2D eigenvalue weighted by molar-refractivity contribution is 0.180. The minimum Gasteiger partial charge on any atom is -0.337 e. The summed E-state index contributed by atoms with van der Waals surface area (Å²) in [7, 11) is 0. The van der Waals surface area contributed by atoms with Crippen LogP contribution in [0.4, 0.5) is 4.79 Å². The molecule has 1 aliphatic carbocycles. The van der Waals surface area contributed by atoms with E-state index in [4.69, 9.17) is 9.51 Å². The van der Waals surface area contributed by atoms with Crippen LogP contribution >= 0.6 is 11.3 Å². The average molecular weight is 375 g/mol. The van der Waals surface area contributed by atoms with Gasteiger partial charge in [0.05, 0.1) is 12.2 Å². The predicted octanol–water partition coefficient (Wildman–Crippen LogP) is 3.58. The van der Waals surface area contributed by atoms with Gasteiger partial charge in [-0.1, -0.05) is 19.0 Å². The molecule has 8 heteroatoms. The number of likely N-dealkylation sites (tertiary alicyclic amines) is 1. The molecule has 2 aromatic rings. The van der Waals surface area contributed by atoms with Crippen LogP contribution in [-0.2, 0) is 19.4 Å². The van der Waals surface area contributed by atoms with Crippen molar-refractivity contribution in [3.8, 4) is 0 Å². The molecule has 2 aliphatic rings. The lowest BCUT2D eigenvalue weighted by Gasteiger charge is -2.22. The van der Waals surface area contributed by atoms with Crippen molar-refractivity contribution in [1.82, 2.24) is 25.3 Å². The molecule has 3 heterocycles. The van der Waals surface area contributed by atoms with Gasteiger partial charge >= 0.3 is 6.03 Å². The number of hydrogen-bond donors (Lipinski definition) is 1. The van der Waals surface area contributed by atoms with Gasteiger partial charge in [0, 0.05) is 17.3 Å². The van der Waals surface area contributed by atoms with Crippen LogP contribution in [0.25, 0.3) is 0 Å². The van der Waals surface area contributed by atoms with Crippen LogP contribution in [0.1, 0.15) is 78.8 Å². The Kier molecular flexibility index (Phi) is 4.93. The molecule has 140 valence electrons. The molecule has 0 bridgehead atoms. The fourth-order valence-electron chi connectivity index (χ4n) is 3.62. The van der Waals surface area contributed by atoms with Crippen molar-refractivity contribution in [2.45, 2.75) is 70.9 Å². The molecule has 1 saturated heterocycles. The number of aryl methyl sites for hydroxylation is 2. The molecule has 0 spiro atoms. The molecule has 1 aliphatic heterocycles. The highest BCUT2D eigenvalue weighted by Crippen LogP contribution is 2.32. The van der Waals surface area contributed by atoms with Gasteiger partial charge in [-0.15, -0.1) is 11.3 Å². The largest absolute Gasteiger partial charge is 0.337 e. The standard InChI is InChI=1S/C18H25N5O2S/c1-11(2)16-21-17(25-22-16)13-7-5-9-23(13)18(24)19-10-15-20-12-6-3-4-8-14(12)26-15/h11,13H,3-10H2,1-2H3,(H,19,24)/t13-/m0/s1. The van der Waals surface area contributed by atoms with E-state index in [1.807, 2.05) is 18.7 Å². The van der Waals surface area contributed by atoms with E-state index in [1.165, 1.54) is 23.4 Å². The Morgan fingerprint density at radius 2 is 2.15 bits per heavy atom. The fraction of sp³-hybridized carbons (Fsp3) is 0.667. The number of carbonyl (C=O) groups is 1. The summed E-state index contributed by atoms with van der Waals surface area (Å²) < 4.78 is 5.42. The quantitative estimate of drug-likeness (QED) is 0.883. The van der Waals surface area contributed by atoms with E-state index >= 15 is 0 Å². The third-order valence-corrected chi connectivity index (χ3v) is 6.21. The Labute approximate surface area is 157 Å². The summed E-state index contributed by atoms with van der Waals surface area (Å²) in [6.07, 6.45) is 6.48. The smallest absolute Gasteiger partial charge is 0.318 e. The SMILES string of the molecule is CC(C)c1noc([C@@H]2CCCN2C(=O)NCc2nc3c(s2)CCCC3)n1. The first-order valence-corrected chi connectivity index (χ1v) is 10.3. The van der Waals surface area contributed by atoms with Crippen molar-refractivity contribution < 1.29 is 9.32 Å². The van der Waals surface area contributed by atoms with Crippen molar-refractivity contribution in [1.29, 1.82) is 0 Å². The third kappa shape index (κ3) is 3.47. The number of rotatable bonds is 4. The van der Waals surface area contributed by atoms with E-state index in [9.17, 15) is 4.79 Å². The van der Waals surface area contributed by atoms with Gasteiger partial charge < -0.3 is 14.7 Å². The Balaban J connectivity index is 1.39. The van der Waals surface area contributed by atoms with Gasteiger partial charge in [0.2, 0.25) is 5.89 Å². The van der Waals surface area contributed by atoms with E-state index in [0.29, 0.717) is 24.8 Å². The molecule has 0 saturated carbocycles. The first kappa shape index (κ1) is 17.5. The molecular weight excluding hydrogens is 350 g/mol. The van der Waals surface area contributed by atoms with Crippen molar-refractivity contribution >= 4 is 17.4 Å². The predicted molar refractivity (Wildman–Crippen MR) is 98.1 cm³/mol. The van der Waals surface area contributed by atoms with Crippen LogP contribution in [0.2, 0.25) is 0 Å². The summed E-state index contributed by atoms with van der Waals surface area (Å²) in [5.74, 6) is 1.46. The third-order valence-electron chi connectivity index (χ3n) is 5.05. The van der Waals surface area contributed by atoms with Gasteiger partial charge in [-0.3, -0.25) is 0 Å². The summed E-state index contributed by atoms with van der Waals surface area (Å²) in [6.45, 7) is 5.26. The van der Waals surface area contributed by atoms with Crippen molar-refractivity contribution in [2.24, 2.45) is 0 Å². The van der Waals surface area contributed by atoms with Crippen LogP contribution in [-0.4, -0.2) is 32.6 Å². The Hall–Kier alpha value is -1.96. The van der Waals surface area contributed by atoms with Crippen molar-refractivity contribution in [3.05, 3.63) is 27.3 Å². The van der Waals surface area contributed by atoms with Crippen molar-refractivity contribution in [3.63, 3.8) is 0 Å². The number of hydrogen-bond acceptors (Lipinski definition) is 6. The van der Waals surface area contributed by atoms with Crippen LogP contribution in [0.15, 0.2) is 4.52 Å². The summed E-state index contributed by atoms with van der Waals surface area (Å²) in [6, 6.07) is -0.204. The van der Waals surface area contributed by atoms with Gasteiger partial charge in [-0.25, -0.2) is 9.78 Å². The lowest BCUT2D eigenvalue weighted by Crippen LogP contribution is -2.39. The zero-order valence-corrected chi connectivity index (χ0v) is 16.1. The molecule has 2 aromatic heterocycles.